The first kappa shape index (κ1) is 9.52. The summed E-state index contributed by atoms with van der Waals surface area (Å²) in [6, 6.07) is -0.0614. The van der Waals surface area contributed by atoms with Gasteiger partial charge >= 0.3 is 5.97 Å². The van der Waals surface area contributed by atoms with E-state index in [1.807, 2.05) is 0 Å². The van der Waals surface area contributed by atoms with Crippen molar-refractivity contribution in [3.05, 3.63) is 0 Å². The minimum atomic E-state index is -0.117. The van der Waals surface area contributed by atoms with Gasteiger partial charge in [0.25, 0.3) is 0 Å². The van der Waals surface area contributed by atoms with Crippen molar-refractivity contribution in [3.63, 3.8) is 0 Å². The van der Waals surface area contributed by atoms with Crippen molar-refractivity contribution in [3.8, 4) is 0 Å². The number of carbonyl (C=O) groups excluding carboxylic acids is 1. The van der Waals surface area contributed by atoms with Crippen molar-refractivity contribution in [2.75, 3.05) is 13.7 Å². The molecule has 0 amide bonds. The summed E-state index contributed by atoms with van der Waals surface area (Å²) in [7, 11) is 1.44. The van der Waals surface area contributed by atoms with E-state index in [1.54, 1.807) is 0 Å². The lowest BCUT2D eigenvalue weighted by atomic mass is 9.90. The average Bonchev–Trinajstić information content (AvgIpc) is 2.17. The number of rotatable bonds is 2. The molecule has 0 radical (unpaired) electrons. The molecule has 0 spiro atoms. The van der Waals surface area contributed by atoms with E-state index in [-0.39, 0.29) is 12.0 Å². The average molecular weight is 171 g/mol. The Hall–Kier alpha value is -0.570. The largest absolute Gasteiger partial charge is 0.468 e. The molecule has 3 nitrogen and oxygen atoms in total. The van der Waals surface area contributed by atoms with Gasteiger partial charge in [-0.05, 0) is 25.3 Å². The molecule has 1 N–H and O–H groups in total. The van der Waals surface area contributed by atoms with Gasteiger partial charge in [0.1, 0.15) is 6.04 Å². The summed E-state index contributed by atoms with van der Waals surface area (Å²) >= 11 is 0. The molecule has 0 aliphatic carbocycles. The molecule has 1 rings (SSSR count). The Balaban J connectivity index is 2.40. The predicted molar refractivity (Wildman–Crippen MR) is 46.8 cm³/mol. The van der Waals surface area contributed by atoms with Crippen LogP contribution in [0.2, 0.25) is 0 Å². The number of esters is 1. The fourth-order valence-corrected chi connectivity index (χ4v) is 1.69. The van der Waals surface area contributed by atoms with Crippen molar-refractivity contribution in [2.45, 2.75) is 32.2 Å². The molecule has 1 saturated heterocycles. The zero-order valence-corrected chi connectivity index (χ0v) is 7.80. The zero-order valence-electron chi connectivity index (χ0n) is 7.80. The number of hydrogen-bond acceptors (Lipinski definition) is 3. The van der Waals surface area contributed by atoms with Gasteiger partial charge in [-0.3, -0.25) is 4.79 Å². The highest BCUT2D eigenvalue weighted by Gasteiger charge is 2.26. The van der Waals surface area contributed by atoms with Crippen molar-refractivity contribution >= 4 is 5.97 Å². The van der Waals surface area contributed by atoms with E-state index in [1.165, 1.54) is 13.5 Å². The number of hydrogen-bond donors (Lipinski definition) is 1. The smallest absolute Gasteiger partial charge is 0.322 e. The normalized spacial score (nSPS) is 29.8. The Bertz CT molecular complexity index is 159. The maximum atomic E-state index is 11.1. The van der Waals surface area contributed by atoms with Crippen molar-refractivity contribution in [1.29, 1.82) is 0 Å². The predicted octanol–water partition coefficient (Wildman–Crippen LogP) is 0.938. The lowest BCUT2D eigenvalue weighted by Crippen LogP contribution is -2.43. The van der Waals surface area contributed by atoms with Crippen LogP contribution in [-0.4, -0.2) is 25.7 Å². The van der Waals surface area contributed by atoms with E-state index in [4.69, 9.17) is 0 Å². The highest BCUT2D eigenvalue weighted by atomic mass is 16.5. The third kappa shape index (κ3) is 2.21. The molecule has 3 heteroatoms. The van der Waals surface area contributed by atoms with Crippen LogP contribution in [0.4, 0.5) is 0 Å². The molecule has 0 aromatic carbocycles. The zero-order chi connectivity index (χ0) is 8.97. The molecular weight excluding hydrogens is 154 g/mol. The summed E-state index contributed by atoms with van der Waals surface area (Å²) in [4.78, 5) is 11.1. The van der Waals surface area contributed by atoms with Gasteiger partial charge in [0.2, 0.25) is 0 Å². The Morgan fingerprint density at radius 3 is 3.00 bits per heavy atom. The summed E-state index contributed by atoms with van der Waals surface area (Å²) in [5.41, 5.74) is 0. The lowest BCUT2D eigenvalue weighted by Gasteiger charge is -2.27. The SMILES string of the molecule is CC[C@@H]1CCN[C@H](C(=O)OC)C1. The maximum Gasteiger partial charge on any atom is 0.322 e. The summed E-state index contributed by atoms with van der Waals surface area (Å²) in [6.07, 6.45) is 3.28. The Morgan fingerprint density at radius 2 is 2.42 bits per heavy atom. The van der Waals surface area contributed by atoms with Crippen LogP contribution in [0.25, 0.3) is 0 Å². The van der Waals surface area contributed by atoms with Crippen LogP contribution in [0, 0.1) is 5.92 Å². The standard InChI is InChI=1S/C9H17NO2/c1-3-7-4-5-10-8(6-7)9(11)12-2/h7-8,10H,3-6H2,1-2H3/t7-,8+/m1/s1. The molecule has 1 aliphatic heterocycles. The number of methoxy groups -OCH3 is 1. The van der Waals surface area contributed by atoms with Crippen LogP contribution < -0.4 is 5.32 Å². The third-order valence-electron chi connectivity index (χ3n) is 2.58. The Morgan fingerprint density at radius 1 is 1.67 bits per heavy atom. The van der Waals surface area contributed by atoms with E-state index in [2.05, 4.69) is 17.0 Å². The number of ether oxygens (including phenoxy) is 1. The molecule has 0 unspecified atom stereocenters. The van der Waals surface area contributed by atoms with Gasteiger partial charge in [-0.15, -0.1) is 0 Å². The summed E-state index contributed by atoms with van der Waals surface area (Å²) in [5.74, 6) is 0.573. The van der Waals surface area contributed by atoms with E-state index < -0.39 is 0 Å². The van der Waals surface area contributed by atoms with Crippen LogP contribution in [-0.2, 0) is 9.53 Å². The summed E-state index contributed by atoms with van der Waals surface area (Å²) < 4.78 is 4.68. The molecular formula is C9H17NO2. The third-order valence-corrected chi connectivity index (χ3v) is 2.58. The summed E-state index contributed by atoms with van der Waals surface area (Å²) in [5, 5.41) is 3.16. The molecule has 0 bridgehead atoms. The van der Waals surface area contributed by atoms with Crippen LogP contribution in [0.5, 0.6) is 0 Å². The van der Waals surface area contributed by atoms with Crippen LogP contribution in [0.1, 0.15) is 26.2 Å². The van der Waals surface area contributed by atoms with Crippen LogP contribution in [0.15, 0.2) is 0 Å². The highest BCUT2D eigenvalue weighted by Crippen LogP contribution is 2.19. The minimum Gasteiger partial charge on any atom is -0.468 e. The Labute approximate surface area is 73.5 Å². The van der Waals surface area contributed by atoms with Crippen molar-refractivity contribution in [2.24, 2.45) is 5.92 Å². The van der Waals surface area contributed by atoms with E-state index >= 15 is 0 Å². The second-order valence-corrected chi connectivity index (χ2v) is 3.33. The van der Waals surface area contributed by atoms with Gasteiger partial charge in [0.15, 0.2) is 0 Å². The lowest BCUT2D eigenvalue weighted by molar-refractivity contribution is -0.144. The second kappa shape index (κ2) is 4.45. The van der Waals surface area contributed by atoms with Crippen molar-refractivity contribution < 1.29 is 9.53 Å². The van der Waals surface area contributed by atoms with Gasteiger partial charge in [-0.1, -0.05) is 13.3 Å². The fourth-order valence-electron chi connectivity index (χ4n) is 1.69. The van der Waals surface area contributed by atoms with E-state index in [9.17, 15) is 4.79 Å². The number of piperidine rings is 1. The van der Waals surface area contributed by atoms with Gasteiger partial charge in [0.05, 0.1) is 7.11 Å². The van der Waals surface area contributed by atoms with Crippen LogP contribution in [0.3, 0.4) is 0 Å². The van der Waals surface area contributed by atoms with Gasteiger partial charge in [0, 0.05) is 0 Å². The molecule has 12 heavy (non-hydrogen) atoms. The van der Waals surface area contributed by atoms with Crippen molar-refractivity contribution in [1.82, 2.24) is 5.32 Å². The van der Waals surface area contributed by atoms with Crippen LogP contribution >= 0.6 is 0 Å². The Kier molecular flexibility index (Phi) is 3.53. The summed E-state index contributed by atoms with van der Waals surface area (Å²) in [6.45, 7) is 3.11. The first-order valence-corrected chi connectivity index (χ1v) is 4.59. The maximum absolute atomic E-state index is 11.1. The molecule has 0 aromatic rings. The first-order valence-electron chi connectivity index (χ1n) is 4.59. The molecule has 0 saturated carbocycles. The second-order valence-electron chi connectivity index (χ2n) is 3.33. The van der Waals surface area contributed by atoms with E-state index in [0.717, 1.165) is 19.4 Å². The topological polar surface area (TPSA) is 38.3 Å². The molecule has 1 aliphatic rings. The molecule has 70 valence electrons. The molecule has 2 atom stereocenters. The van der Waals surface area contributed by atoms with E-state index in [0.29, 0.717) is 5.92 Å². The van der Waals surface area contributed by atoms with Gasteiger partial charge in [-0.2, -0.15) is 0 Å². The quantitative estimate of drug-likeness (QED) is 0.628. The number of carbonyl (C=O) groups is 1. The molecule has 1 heterocycles. The molecule has 1 fully saturated rings. The first-order chi connectivity index (χ1) is 5.77. The monoisotopic (exact) mass is 171 g/mol. The number of nitrogens with one attached hydrogen (secondary N) is 1. The van der Waals surface area contributed by atoms with Gasteiger partial charge < -0.3 is 10.1 Å². The molecule has 0 aromatic heterocycles. The minimum absolute atomic E-state index is 0.0614. The fraction of sp³-hybridized carbons (Fsp3) is 0.889. The van der Waals surface area contributed by atoms with Gasteiger partial charge in [-0.25, -0.2) is 0 Å². The highest BCUT2D eigenvalue weighted by molar-refractivity contribution is 5.75.